The normalized spacial score (nSPS) is 10.9. The molecule has 0 aliphatic heterocycles. The van der Waals surface area contributed by atoms with Gasteiger partial charge in [0.1, 0.15) is 11.8 Å². The number of pyridine rings is 1. The van der Waals surface area contributed by atoms with Crippen LogP contribution in [0.2, 0.25) is 0 Å². The molecule has 0 saturated heterocycles. The predicted molar refractivity (Wildman–Crippen MR) is 203 cm³/mol. The Morgan fingerprint density at radius 1 is 0.692 bits per heavy atom. The van der Waals surface area contributed by atoms with Gasteiger partial charge in [-0.25, -0.2) is 4.98 Å². The third-order valence-corrected chi connectivity index (χ3v) is 9.09. The maximum absolute atomic E-state index is 8.99. The monoisotopic (exact) mass is 853 g/mol. The number of aromatic nitrogens is 5. The minimum Gasteiger partial charge on any atom is -0.458 e. The van der Waals surface area contributed by atoms with Crippen LogP contribution >= 0.6 is 0 Å². The molecular formula is C44H32IrN6O-2. The number of hydrogen-bond donors (Lipinski definition) is 0. The van der Waals surface area contributed by atoms with E-state index in [0.717, 1.165) is 55.8 Å². The molecule has 0 unspecified atom stereocenters. The minimum atomic E-state index is 0. The van der Waals surface area contributed by atoms with E-state index in [1.165, 1.54) is 22.3 Å². The zero-order chi connectivity index (χ0) is 35.1. The standard InChI is InChI=1S/C24H21N2.C20H11N4O.Ir/c1-17-13-18(2)15-22(14-17)19-9-11-20(12-10-19)23-16-25-24(26(23)3)21-7-5-4-6-8-21;1-24-17-5-3-2-4-16(17)23-19(24)12-6-8-14-15-9-7-13(11-21)22-20(15)25-18(14)10-12;/h4-7,9-16H,1-3H3;2-5,7-10H,1H3;/q2*-1;. The van der Waals surface area contributed by atoms with Crippen LogP contribution in [0.5, 0.6) is 0 Å². The summed E-state index contributed by atoms with van der Waals surface area (Å²) >= 11 is 0. The maximum atomic E-state index is 8.99. The first kappa shape index (κ1) is 34.3. The van der Waals surface area contributed by atoms with Crippen LogP contribution in [0.4, 0.5) is 0 Å². The van der Waals surface area contributed by atoms with Crippen LogP contribution in [0.25, 0.3) is 78.3 Å². The van der Waals surface area contributed by atoms with Crippen molar-refractivity contribution < 1.29 is 24.5 Å². The first-order valence-electron chi connectivity index (χ1n) is 16.6. The summed E-state index contributed by atoms with van der Waals surface area (Å²) in [5, 5.41) is 10.8. The van der Waals surface area contributed by atoms with Gasteiger partial charge >= 0.3 is 0 Å². The summed E-state index contributed by atoms with van der Waals surface area (Å²) in [7, 11) is 4.04. The first-order chi connectivity index (χ1) is 24.9. The number of nitrogens with zero attached hydrogens (tertiary/aromatic N) is 6. The second-order valence-corrected chi connectivity index (χ2v) is 12.6. The number of furan rings is 1. The van der Waals surface area contributed by atoms with Gasteiger partial charge in [0, 0.05) is 45.8 Å². The summed E-state index contributed by atoms with van der Waals surface area (Å²) in [5.74, 6) is 1.76. The van der Waals surface area contributed by atoms with Gasteiger partial charge in [-0.3, -0.25) is 9.97 Å². The third-order valence-electron chi connectivity index (χ3n) is 9.09. The van der Waals surface area contributed by atoms with Crippen molar-refractivity contribution in [1.82, 2.24) is 24.1 Å². The van der Waals surface area contributed by atoms with E-state index in [1.807, 2.05) is 90.6 Å². The molecule has 255 valence electrons. The van der Waals surface area contributed by atoms with Gasteiger partial charge in [0.15, 0.2) is 0 Å². The summed E-state index contributed by atoms with van der Waals surface area (Å²) in [6, 6.07) is 47.3. The largest absolute Gasteiger partial charge is 0.458 e. The van der Waals surface area contributed by atoms with Crippen LogP contribution < -0.4 is 0 Å². The van der Waals surface area contributed by atoms with Crippen LogP contribution in [-0.4, -0.2) is 24.1 Å². The molecule has 4 heterocycles. The smallest absolute Gasteiger partial charge is 0.217 e. The Balaban J connectivity index is 0.000000159. The number of aryl methyl sites for hydroxylation is 3. The number of benzene rings is 5. The molecule has 52 heavy (non-hydrogen) atoms. The molecule has 4 aromatic heterocycles. The summed E-state index contributed by atoms with van der Waals surface area (Å²) in [5.41, 5.74) is 12.7. The Kier molecular flexibility index (Phi) is 9.40. The van der Waals surface area contributed by atoms with Crippen LogP contribution in [0, 0.1) is 37.3 Å². The van der Waals surface area contributed by atoms with E-state index >= 15 is 0 Å². The zero-order valence-electron chi connectivity index (χ0n) is 29.0. The van der Waals surface area contributed by atoms with Gasteiger partial charge in [0.25, 0.3) is 0 Å². The summed E-state index contributed by atoms with van der Waals surface area (Å²) in [4.78, 5) is 13.5. The van der Waals surface area contributed by atoms with E-state index in [1.54, 1.807) is 6.07 Å². The number of nitriles is 1. The van der Waals surface area contributed by atoms with E-state index in [2.05, 4.69) is 90.0 Å². The van der Waals surface area contributed by atoms with E-state index in [4.69, 9.17) is 14.7 Å². The fourth-order valence-electron chi connectivity index (χ4n) is 6.61. The Morgan fingerprint density at radius 2 is 1.44 bits per heavy atom. The molecule has 0 aliphatic carbocycles. The number of imidazole rings is 2. The molecule has 9 rings (SSSR count). The van der Waals surface area contributed by atoms with Crippen LogP contribution in [-0.2, 0) is 34.2 Å². The second kappa shape index (κ2) is 14.2. The second-order valence-electron chi connectivity index (χ2n) is 12.6. The van der Waals surface area contributed by atoms with Gasteiger partial charge in [-0.1, -0.05) is 83.2 Å². The van der Waals surface area contributed by atoms with Gasteiger partial charge < -0.3 is 13.6 Å². The maximum Gasteiger partial charge on any atom is 0.217 e. The van der Waals surface area contributed by atoms with Crippen molar-refractivity contribution in [2.45, 2.75) is 13.8 Å². The summed E-state index contributed by atoms with van der Waals surface area (Å²) in [6.45, 7) is 4.28. The van der Waals surface area contributed by atoms with Gasteiger partial charge in [-0.15, -0.1) is 53.6 Å². The SMILES string of the molecule is Cc1cc(C)cc(-c2ccc(-c3cnc(-c4[c-]cccc4)n3C)cc2)c1.Cn1c(-c2[c-]cc3c(c2)oc2nc(C#N)ccc23)nc2ccccc21.[Ir]. The van der Waals surface area contributed by atoms with Crippen molar-refractivity contribution in [3.63, 3.8) is 0 Å². The van der Waals surface area contributed by atoms with Gasteiger partial charge in [-0.05, 0) is 48.7 Å². The quantitative estimate of drug-likeness (QED) is 0.165. The average molecular weight is 853 g/mol. The van der Waals surface area contributed by atoms with Gasteiger partial charge in [-0.2, -0.15) is 5.26 Å². The van der Waals surface area contributed by atoms with Crippen molar-refractivity contribution in [1.29, 1.82) is 5.26 Å². The number of rotatable bonds is 4. The van der Waals surface area contributed by atoms with E-state index in [-0.39, 0.29) is 20.1 Å². The van der Waals surface area contributed by atoms with Crippen molar-refractivity contribution in [3.05, 3.63) is 150 Å². The molecule has 5 aromatic carbocycles. The fraction of sp³-hybridized carbons (Fsp3) is 0.0909. The predicted octanol–water partition coefficient (Wildman–Crippen LogP) is 10.0. The topological polar surface area (TPSA) is 85.5 Å². The molecule has 0 spiro atoms. The fourth-order valence-corrected chi connectivity index (χ4v) is 6.61. The number of fused-ring (bicyclic) bond motifs is 4. The Hall–Kier alpha value is -6.13. The van der Waals surface area contributed by atoms with Gasteiger partial charge in [0.05, 0.1) is 34.0 Å². The Bertz CT molecular complexity index is 2730. The summed E-state index contributed by atoms with van der Waals surface area (Å²) in [6.07, 6.45) is 1.93. The van der Waals surface area contributed by atoms with Crippen molar-refractivity contribution >= 4 is 33.1 Å². The van der Waals surface area contributed by atoms with E-state index in [0.29, 0.717) is 17.0 Å². The molecule has 7 nitrogen and oxygen atoms in total. The zero-order valence-corrected chi connectivity index (χ0v) is 31.4. The Labute approximate surface area is 315 Å². The first-order valence-corrected chi connectivity index (χ1v) is 16.6. The molecule has 0 aliphatic rings. The van der Waals surface area contributed by atoms with E-state index < -0.39 is 0 Å². The summed E-state index contributed by atoms with van der Waals surface area (Å²) < 4.78 is 10.0. The van der Waals surface area contributed by atoms with Crippen molar-refractivity contribution in [3.8, 4) is 51.2 Å². The third kappa shape index (κ3) is 6.44. The van der Waals surface area contributed by atoms with Crippen LogP contribution in [0.3, 0.4) is 0 Å². The Morgan fingerprint density at radius 3 is 2.17 bits per heavy atom. The minimum absolute atomic E-state index is 0. The van der Waals surface area contributed by atoms with Crippen molar-refractivity contribution in [2.75, 3.05) is 0 Å². The molecule has 8 heteroatoms. The number of hydrogen-bond acceptors (Lipinski definition) is 5. The van der Waals surface area contributed by atoms with Crippen molar-refractivity contribution in [2.24, 2.45) is 14.1 Å². The molecule has 0 N–H and O–H groups in total. The molecule has 0 bridgehead atoms. The number of para-hydroxylation sites is 2. The van der Waals surface area contributed by atoms with Crippen LogP contribution in [0.15, 0.2) is 126 Å². The molecule has 0 saturated carbocycles. The molecule has 0 amide bonds. The van der Waals surface area contributed by atoms with E-state index in [9.17, 15) is 0 Å². The molecule has 0 atom stereocenters. The molecule has 9 aromatic rings. The molecule has 0 fully saturated rings. The molecular weight excluding hydrogens is 821 g/mol. The molecule has 1 radical (unpaired) electrons. The average Bonchev–Trinajstić information content (AvgIpc) is 3.83. The van der Waals surface area contributed by atoms with Crippen LogP contribution in [0.1, 0.15) is 16.8 Å². The van der Waals surface area contributed by atoms with Gasteiger partial charge in [0.2, 0.25) is 5.71 Å².